The van der Waals surface area contributed by atoms with Gasteiger partial charge in [-0.15, -0.1) is 0 Å². The highest BCUT2D eigenvalue weighted by molar-refractivity contribution is 5.74. The lowest BCUT2D eigenvalue weighted by Gasteiger charge is -2.34. The predicted octanol–water partition coefficient (Wildman–Crippen LogP) is -0.331. The molecule has 1 rings (SSSR count). The van der Waals surface area contributed by atoms with Gasteiger partial charge in [-0.3, -0.25) is 0 Å². The van der Waals surface area contributed by atoms with Crippen LogP contribution in [0.25, 0.3) is 0 Å². The molecule has 1 fully saturated rings. The summed E-state index contributed by atoms with van der Waals surface area (Å²) in [5.41, 5.74) is 0. The van der Waals surface area contributed by atoms with E-state index in [9.17, 15) is 4.79 Å². The van der Waals surface area contributed by atoms with Crippen molar-refractivity contribution in [2.45, 2.75) is 20.8 Å². The number of rotatable bonds is 3. The van der Waals surface area contributed by atoms with E-state index in [1.807, 2.05) is 23.6 Å². The Morgan fingerprint density at radius 2 is 1.73 bits per heavy atom. The third-order valence-electron chi connectivity index (χ3n) is 3.28. The minimum atomic E-state index is 0.218. The summed E-state index contributed by atoms with van der Waals surface area (Å²) in [6, 6.07) is 0.218. The van der Waals surface area contributed by atoms with Crippen LogP contribution in [-0.4, -0.2) is 61.6 Å². The molecule has 4 heteroatoms. The Kier molecular flexibility index (Phi) is 4.88. The van der Waals surface area contributed by atoms with Crippen LogP contribution in [0.1, 0.15) is 20.8 Å². The average Bonchev–Trinajstić information content (AvgIpc) is 2.30. The Morgan fingerprint density at radius 1 is 1.20 bits per heavy atom. The van der Waals surface area contributed by atoms with Crippen molar-refractivity contribution in [1.29, 1.82) is 0 Å². The van der Waals surface area contributed by atoms with Crippen molar-refractivity contribution < 1.29 is 9.69 Å². The molecule has 1 aliphatic heterocycles. The quantitative estimate of drug-likeness (QED) is 0.684. The van der Waals surface area contributed by atoms with Gasteiger partial charge >= 0.3 is 6.03 Å². The molecule has 0 aromatic carbocycles. The summed E-state index contributed by atoms with van der Waals surface area (Å²) in [5, 5.41) is 0. The van der Waals surface area contributed by atoms with Gasteiger partial charge in [0.25, 0.3) is 0 Å². The normalized spacial score (nSPS) is 17.9. The number of amides is 2. The van der Waals surface area contributed by atoms with Gasteiger partial charge in [0.2, 0.25) is 0 Å². The summed E-state index contributed by atoms with van der Waals surface area (Å²) in [6.45, 7) is 13.1. The summed E-state index contributed by atoms with van der Waals surface area (Å²) in [5.74, 6) is 0. The molecule has 0 aromatic heterocycles. The van der Waals surface area contributed by atoms with E-state index in [2.05, 4.69) is 6.92 Å². The molecule has 0 bridgehead atoms. The fourth-order valence-corrected chi connectivity index (χ4v) is 2.06. The zero-order valence-corrected chi connectivity index (χ0v) is 10.3. The number of likely N-dealkylation sites (N-methyl/N-ethyl adjacent to an activating group) is 1. The van der Waals surface area contributed by atoms with Crippen LogP contribution in [0.4, 0.5) is 4.79 Å². The van der Waals surface area contributed by atoms with Crippen molar-refractivity contribution in [1.82, 2.24) is 9.80 Å². The minimum Gasteiger partial charge on any atom is -0.332 e. The number of urea groups is 1. The molecule has 0 aromatic rings. The second kappa shape index (κ2) is 5.95. The molecule has 1 heterocycles. The first-order valence-electron chi connectivity index (χ1n) is 6.10. The summed E-state index contributed by atoms with van der Waals surface area (Å²) in [4.78, 5) is 17.5. The van der Waals surface area contributed by atoms with Crippen LogP contribution in [0.15, 0.2) is 0 Å². The average molecular weight is 214 g/mol. The first-order chi connectivity index (χ1) is 7.22. The molecule has 1 N–H and O–H groups in total. The maximum Gasteiger partial charge on any atom is 0.320 e. The molecule has 2 amide bonds. The lowest BCUT2D eigenvalue weighted by molar-refractivity contribution is -0.902. The van der Waals surface area contributed by atoms with E-state index in [1.165, 1.54) is 6.54 Å². The van der Waals surface area contributed by atoms with Gasteiger partial charge < -0.3 is 14.7 Å². The molecule has 0 aliphatic carbocycles. The largest absolute Gasteiger partial charge is 0.332 e. The Hall–Kier alpha value is -0.770. The summed E-state index contributed by atoms with van der Waals surface area (Å²) < 4.78 is 0. The van der Waals surface area contributed by atoms with Gasteiger partial charge in [0.15, 0.2) is 0 Å². The number of carbonyl (C=O) groups excluding carboxylic acids is 1. The standard InChI is InChI=1S/C11H23N3O/c1-4-12-7-9-14(10-8-12)11(15)13(5-2)6-3/h4-10H2,1-3H3/p+1. The molecule has 0 radical (unpaired) electrons. The van der Waals surface area contributed by atoms with Crippen LogP contribution < -0.4 is 4.90 Å². The number of hydrogen-bond donors (Lipinski definition) is 1. The molecule has 0 spiro atoms. The number of nitrogens with zero attached hydrogens (tertiary/aromatic N) is 2. The maximum atomic E-state index is 12.0. The van der Waals surface area contributed by atoms with Gasteiger partial charge in [-0.05, 0) is 20.8 Å². The van der Waals surface area contributed by atoms with Crippen molar-refractivity contribution in [3.05, 3.63) is 0 Å². The highest BCUT2D eigenvalue weighted by Gasteiger charge is 2.24. The fourth-order valence-electron chi connectivity index (χ4n) is 2.06. The predicted molar refractivity (Wildman–Crippen MR) is 61.1 cm³/mol. The van der Waals surface area contributed by atoms with Gasteiger partial charge in [0, 0.05) is 13.1 Å². The lowest BCUT2D eigenvalue weighted by atomic mass is 10.3. The van der Waals surface area contributed by atoms with E-state index in [-0.39, 0.29) is 6.03 Å². The zero-order chi connectivity index (χ0) is 11.3. The fraction of sp³-hybridized carbons (Fsp3) is 0.909. The van der Waals surface area contributed by atoms with Gasteiger partial charge in [-0.1, -0.05) is 0 Å². The first kappa shape index (κ1) is 12.3. The second-order valence-electron chi connectivity index (χ2n) is 4.05. The topological polar surface area (TPSA) is 28.0 Å². The molecule has 0 atom stereocenters. The van der Waals surface area contributed by atoms with Crippen molar-refractivity contribution in [2.24, 2.45) is 0 Å². The zero-order valence-electron chi connectivity index (χ0n) is 10.3. The van der Waals surface area contributed by atoms with Gasteiger partial charge in [-0.2, -0.15) is 0 Å². The van der Waals surface area contributed by atoms with E-state index in [1.54, 1.807) is 4.90 Å². The van der Waals surface area contributed by atoms with E-state index in [4.69, 9.17) is 0 Å². The van der Waals surface area contributed by atoms with E-state index in [0.717, 1.165) is 39.3 Å². The maximum absolute atomic E-state index is 12.0. The Labute approximate surface area is 92.8 Å². The minimum absolute atomic E-state index is 0.218. The van der Waals surface area contributed by atoms with E-state index >= 15 is 0 Å². The summed E-state index contributed by atoms with van der Waals surface area (Å²) >= 11 is 0. The molecule has 88 valence electrons. The molecule has 15 heavy (non-hydrogen) atoms. The summed E-state index contributed by atoms with van der Waals surface area (Å²) in [6.07, 6.45) is 0. The van der Waals surface area contributed by atoms with E-state index < -0.39 is 0 Å². The van der Waals surface area contributed by atoms with Crippen LogP contribution in [0.5, 0.6) is 0 Å². The van der Waals surface area contributed by atoms with E-state index in [0.29, 0.717) is 0 Å². The number of piperazine rings is 1. The molecule has 1 aliphatic rings. The third-order valence-corrected chi connectivity index (χ3v) is 3.28. The molecule has 1 saturated heterocycles. The highest BCUT2D eigenvalue weighted by Crippen LogP contribution is 1.99. The van der Waals surface area contributed by atoms with Crippen LogP contribution >= 0.6 is 0 Å². The third kappa shape index (κ3) is 3.09. The van der Waals surface area contributed by atoms with Crippen LogP contribution in [0, 0.1) is 0 Å². The SMILES string of the molecule is CCN(CC)C(=O)N1CC[NH+](CC)CC1. The molecular weight excluding hydrogens is 190 g/mol. The van der Waals surface area contributed by atoms with Crippen molar-refractivity contribution >= 4 is 6.03 Å². The molecular formula is C11H24N3O+. The van der Waals surface area contributed by atoms with Crippen molar-refractivity contribution in [2.75, 3.05) is 45.8 Å². The highest BCUT2D eigenvalue weighted by atomic mass is 16.2. The molecule has 0 saturated carbocycles. The number of nitrogens with one attached hydrogen (secondary N) is 1. The smallest absolute Gasteiger partial charge is 0.320 e. The van der Waals surface area contributed by atoms with Crippen LogP contribution in [0.2, 0.25) is 0 Å². The number of carbonyl (C=O) groups is 1. The van der Waals surface area contributed by atoms with Gasteiger partial charge in [0.05, 0.1) is 32.7 Å². The van der Waals surface area contributed by atoms with Gasteiger partial charge in [-0.25, -0.2) is 4.79 Å². The number of hydrogen-bond acceptors (Lipinski definition) is 1. The second-order valence-corrected chi connectivity index (χ2v) is 4.05. The Morgan fingerprint density at radius 3 is 2.13 bits per heavy atom. The first-order valence-corrected chi connectivity index (χ1v) is 6.10. The lowest BCUT2D eigenvalue weighted by Crippen LogP contribution is -3.14. The number of quaternary nitrogens is 1. The van der Waals surface area contributed by atoms with Crippen molar-refractivity contribution in [3.63, 3.8) is 0 Å². The van der Waals surface area contributed by atoms with Gasteiger partial charge in [0.1, 0.15) is 0 Å². The monoisotopic (exact) mass is 214 g/mol. The Bertz CT molecular complexity index is 196. The van der Waals surface area contributed by atoms with Crippen LogP contribution in [0.3, 0.4) is 0 Å². The molecule has 0 unspecified atom stereocenters. The summed E-state index contributed by atoms with van der Waals surface area (Å²) in [7, 11) is 0. The molecule has 4 nitrogen and oxygen atoms in total. The Balaban J connectivity index is 2.42. The van der Waals surface area contributed by atoms with Crippen LogP contribution in [-0.2, 0) is 0 Å². The van der Waals surface area contributed by atoms with Crippen molar-refractivity contribution in [3.8, 4) is 0 Å².